The lowest BCUT2D eigenvalue weighted by Crippen LogP contribution is -2.30. The maximum atomic E-state index is 11.6. The van der Waals surface area contributed by atoms with E-state index in [2.05, 4.69) is 11.9 Å². The van der Waals surface area contributed by atoms with E-state index in [0.717, 1.165) is 11.6 Å². The molecule has 0 saturated carbocycles. The van der Waals surface area contributed by atoms with E-state index < -0.39 is 5.97 Å². The molecule has 0 spiro atoms. The molecule has 0 unspecified atom stereocenters. The van der Waals surface area contributed by atoms with Crippen LogP contribution in [-0.4, -0.2) is 18.5 Å². The van der Waals surface area contributed by atoms with Gasteiger partial charge in [0.25, 0.3) is 0 Å². The van der Waals surface area contributed by atoms with Crippen LogP contribution < -0.4 is 5.32 Å². The van der Waals surface area contributed by atoms with Crippen LogP contribution in [0.4, 0.5) is 0 Å². The SMILES string of the molecule is C=CC(=O)OC[C@@H](NC(=O)/C=C/C)c1ccccc1. The van der Waals surface area contributed by atoms with Gasteiger partial charge in [0, 0.05) is 6.08 Å². The van der Waals surface area contributed by atoms with Gasteiger partial charge >= 0.3 is 5.97 Å². The molecule has 1 rings (SSSR count). The molecule has 0 radical (unpaired) electrons. The minimum absolute atomic E-state index is 0.0676. The molecule has 1 aromatic rings. The number of rotatable bonds is 6. The zero-order valence-electron chi connectivity index (χ0n) is 10.8. The Bertz CT molecular complexity index is 466. The van der Waals surface area contributed by atoms with Gasteiger partial charge in [0.2, 0.25) is 5.91 Å². The molecule has 0 aromatic heterocycles. The maximum Gasteiger partial charge on any atom is 0.330 e. The smallest absolute Gasteiger partial charge is 0.330 e. The molecule has 0 aliphatic heterocycles. The molecule has 0 bridgehead atoms. The summed E-state index contributed by atoms with van der Waals surface area (Å²) < 4.78 is 4.99. The molecule has 1 aromatic carbocycles. The molecule has 0 saturated heterocycles. The first kappa shape index (κ1) is 14.7. The molecular formula is C15H17NO3. The number of benzene rings is 1. The molecular weight excluding hydrogens is 242 g/mol. The second kappa shape index (κ2) is 7.87. The van der Waals surface area contributed by atoms with Crippen molar-refractivity contribution in [2.75, 3.05) is 6.61 Å². The molecule has 100 valence electrons. The summed E-state index contributed by atoms with van der Waals surface area (Å²) in [5.74, 6) is -0.743. The van der Waals surface area contributed by atoms with E-state index in [9.17, 15) is 9.59 Å². The van der Waals surface area contributed by atoms with Crippen LogP contribution in [0.2, 0.25) is 0 Å². The number of carbonyl (C=O) groups excluding carboxylic acids is 2. The highest BCUT2D eigenvalue weighted by atomic mass is 16.5. The number of esters is 1. The first-order valence-corrected chi connectivity index (χ1v) is 5.94. The van der Waals surface area contributed by atoms with Crippen molar-refractivity contribution in [1.82, 2.24) is 5.32 Å². The monoisotopic (exact) mass is 259 g/mol. The first-order valence-electron chi connectivity index (χ1n) is 5.94. The van der Waals surface area contributed by atoms with Crippen molar-refractivity contribution in [3.8, 4) is 0 Å². The van der Waals surface area contributed by atoms with Crippen molar-refractivity contribution in [3.05, 3.63) is 60.7 Å². The molecule has 19 heavy (non-hydrogen) atoms. The fourth-order valence-corrected chi connectivity index (χ4v) is 1.50. The molecule has 1 N–H and O–H groups in total. The van der Waals surface area contributed by atoms with Crippen LogP contribution >= 0.6 is 0 Å². The highest BCUT2D eigenvalue weighted by molar-refractivity contribution is 5.87. The maximum absolute atomic E-state index is 11.6. The highest BCUT2D eigenvalue weighted by Crippen LogP contribution is 2.13. The Labute approximate surface area is 112 Å². The highest BCUT2D eigenvalue weighted by Gasteiger charge is 2.14. The van der Waals surface area contributed by atoms with E-state index in [1.54, 1.807) is 13.0 Å². The van der Waals surface area contributed by atoms with E-state index in [4.69, 9.17) is 4.74 Å². The van der Waals surface area contributed by atoms with E-state index in [1.165, 1.54) is 6.08 Å². The van der Waals surface area contributed by atoms with Crippen LogP contribution in [0.25, 0.3) is 0 Å². The van der Waals surface area contributed by atoms with Crippen molar-refractivity contribution in [1.29, 1.82) is 0 Å². The molecule has 4 heteroatoms. The summed E-state index contributed by atoms with van der Waals surface area (Å²) in [7, 11) is 0. The average molecular weight is 259 g/mol. The van der Waals surface area contributed by atoms with Gasteiger partial charge in [-0.05, 0) is 18.6 Å². The lowest BCUT2D eigenvalue weighted by Gasteiger charge is -2.18. The Morgan fingerprint density at radius 2 is 2.05 bits per heavy atom. The number of carbonyl (C=O) groups is 2. The van der Waals surface area contributed by atoms with Crippen LogP contribution in [0.3, 0.4) is 0 Å². The van der Waals surface area contributed by atoms with E-state index in [-0.39, 0.29) is 18.6 Å². The standard InChI is InChI=1S/C15H17NO3/c1-3-8-14(17)16-13(11-19-15(18)4-2)12-9-6-5-7-10-12/h3-10,13H,2,11H2,1H3,(H,16,17)/b8-3+/t13-/m1/s1. The Balaban J connectivity index is 2.76. The predicted octanol–water partition coefficient (Wildman–Crippen LogP) is 2.15. The fourth-order valence-electron chi connectivity index (χ4n) is 1.50. The number of hydrogen-bond donors (Lipinski definition) is 1. The fraction of sp³-hybridized carbons (Fsp3) is 0.200. The van der Waals surface area contributed by atoms with Gasteiger partial charge in [-0.25, -0.2) is 4.79 Å². The first-order chi connectivity index (χ1) is 9.17. The Morgan fingerprint density at radius 3 is 2.63 bits per heavy atom. The Morgan fingerprint density at radius 1 is 1.37 bits per heavy atom. The largest absolute Gasteiger partial charge is 0.460 e. The van der Waals surface area contributed by atoms with Gasteiger partial charge in [-0.2, -0.15) is 0 Å². The summed E-state index contributed by atoms with van der Waals surface area (Å²) in [5.41, 5.74) is 0.872. The van der Waals surface area contributed by atoms with Gasteiger partial charge in [0.15, 0.2) is 0 Å². The molecule has 4 nitrogen and oxygen atoms in total. The van der Waals surface area contributed by atoms with Crippen molar-refractivity contribution >= 4 is 11.9 Å². The van der Waals surface area contributed by atoms with Gasteiger partial charge in [0.05, 0.1) is 6.04 Å². The van der Waals surface area contributed by atoms with Gasteiger partial charge in [-0.15, -0.1) is 0 Å². The molecule has 0 aliphatic carbocycles. The lowest BCUT2D eigenvalue weighted by molar-refractivity contribution is -0.139. The second-order valence-electron chi connectivity index (χ2n) is 3.81. The Hall–Kier alpha value is -2.36. The zero-order chi connectivity index (χ0) is 14.1. The van der Waals surface area contributed by atoms with E-state index >= 15 is 0 Å². The summed E-state index contributed by atoms with van der Waals surface area (Å²) in [4.78, 5) is 22.7. The minimum Gasteiger partial charge on any atom is -0.460 e. The number of ether oxygens (including phenoxy) is 1. The summed E-state index contributed by atoms with van der Waals surface area (Å²) >= 11 is 0. The molecule has 0 fully saturated rings. The minimum atomic E-state index is -0.513. The summed E-state index contributed by atoms with van der Waals surface area (Å²) in [6, 6.07) is 8.95. The van der Waals surface area contributed by atoms with E-state index in [0.29, 0.717) is 0 Å². The van der Waals surface area contributed by atoms with Gasteiger partial charge in [0.1, 0.15) is 6.61 Å². The van der Waals surface area contributed by atoms with Gasteiger partial charge < -0.3 is 10.1 Å². The van der Waals surface area contributed by atoms with Crippen molar-refractivity contribution in [2.45, 2.75) is 13.0 Å². The van der Waals surface area contributed by atoms with Gasteiger partial charge in [-0.3, -0.25) is 4.79 Å². The van der Waals surface area contributed by atoms with Crippen LogP contribution in [0, 0.1) is 0 Å². The molecule has 0 aliphatic rings. The van der Waals surface area contributed by atoms with Crippen LogP contribution in [0.1, 0.15) is 18.5 Å². The predicted molar refractivity (Wildman–Crippen MR) is 73.3 cm³/mol. The third-order valence-electron chi connectivity index (χ3n) is 2.40. The summed E-state index contributed by atoms with van der Waals surface area (Å²) in [6.45, 7) is 5.16. The molecule has 1 amide bonds. The third-order valence-corrected chi connectivity index (χ3v) is 2.40. The zero-order valence-corrected chi connectivity index (χ0v) is 10.8. The number of hydrogen-bond acceptors (Lipinski definition) is 3. The quantitative estimate of drug-likeness (QED) is 0.629. The van der Waals surface area contributed by atoms with Crippen LogP contribution in [0.5, 0.6) is 0 Å². The van der Waals surface area contributed by atoms with Crippen molar-refractivity contribution in [2.24, 2.45) is 0 Å². The van der Waals surface area contributed by atoms with Crippen molar-refractivity contribution < 1.29 is 14.3 Å². The van der Waals surface area contributed by atoms with Crippen LogP contribution in [-0.2, 0) is 14.3 Å². The normalized spacial score (nSPS) is 11.8. The topological polar surface area (TPSA) is 55.4 Å². The molecule has 0 heterocycles. The second-order valence-corrected chi connectivity index (χ2v) is 3.81. The number of nitrogens with one attached hydrogen (secondary N) is 1. The average Bonchev–Trinajstić information content (AvgIpc) is 2.44. The molecule has 1 atom stereocenters. The summed E-state index contributed by atoms with van der Waals surface area (Å²) in [6.07, 6.45) is 4.16. The van der Waals surface area contributed by atoms with E-state index in [1.807, 2.05) is 30.3 Å². The van der Waals surface area contributed by atoms with Crippen molar-refractivity contribution in [3.63, 3.8) is 0 Å². The lowest BCUT2D eigenvalue weighted by atomic mass is 10.1. The Kier molecular flexibility index (Phi) is 6.09. The van der Waals surface area contributed by atoms with Crippen LogP contribution in [0.15, 0.2) is 55.1 Å². The number of allylic oxidation sites excluding steroid dienone is 1. The third kappa shape index (κ3) is 5.21. The number of amides is 1. The van der Waals surface area contributed by atoms with Gasteiger partial charge in [-0.1, -0.05) is 43.0 Å². The summed E-state index contributed by atoms with van der Waals surface area (Å²) in [5, 5.41) is 2.78.